The molecule has 1 aromatic carbocycles. The van der Waals surface area contributed by atoms with Crippen LogP contribution in [0.25, 0.3) is 0 Å². The van der Waals surface area contributed by atoms with Crippen molar-refractivity contribution in [3.63, 3.8) is 0 Å². The molecule has 0 fully saturated rings. The quantitative estimate of drug-likeness (QED) is 0.696. The largest absolute Gasteiger partial charge is 0.385 e. The average molecular weight is 275 g/mol. The molecular weight excluding hydrogens is 246 g/mol. The molecule has 0 aliphatic heterocycles. The van der Waals surface area contributed by atoms with Crippen molar-refractivity contribution in [1.29, 1.82) is 0 Å². The Kier molecular flexibility index (Phi) is 6.55. The van der Waals surface area contributed by atoms with Crippen LogP contribution in [0.1, 0.15) is 49.3 Å². The molecule has 112 valence electrons. The second-order valence-electron chi connectivity index (χ2n) is 5.95. The van der Waals surface area contributed by atoms with E-state index in [4.69, 9.17) is 4.74 Å². The molecule has 2 rings (SSSR count). The van der Waals surface area contributed by atoms with E-state index in [1.165, 1.54) is 37.7 Å². The van der Waals surface area contributed by atoms with E-state index in [9.17, 15) is 0 Å². The summed E-state index contributed by atoms with van der Waals surface area (Å²) in [7, 11) is 1.79. The van der Waals surface area contributed by atoms with Gasteiger partial charge in [-0.2, -0.15) is 0 Å². The number of fused-ring (bicyclic) bond motifs is 1. The summed E-state index contributed by atoms with van der Waals surface area (Å²) in [5.74, 6) is 0. The first kappa shape index (κ1) is 15.5. The standard InChI is InChI=1S/C18H29NO/c1-3-11-19-18(8-5-12-20-2)14-15-9-10-16-6-4-7-17(16)13-15/h9-10,13,18-19H,3-8,11-12,14H2,1-2H3. The third-order valence-electron chi connectivity index (χ3n) is 4.23. The van der Waals surface area contributed by atoms with Gasteiger partial charge in [0, 0.05) is 19.8 Å². The number of hydrogen-bond acceptors (Lipinski definition) is 2. The number of hydrogen-bond donors (Lipinski definition) is 1. The molecule has 0 saturated carbocycles. The molecule has 0 saturated heterocycles. The monoisotopic (exact) mass is 275 g/mol. The maximum atomic E-state index is 5.18. The highest BCUT2D eigenvalue weighted by atomic mass is 16.5. The molecule has 1 N–H and O–H groups in total. The predicted octanol–water partition coefficient (Wildman–Crippen LogP) is 3.51. The first-order chi connectivity index (χ1) is 9.83. The number of methoxy groups -OCH3 is 1. The number of rotatable bonds is 9. The second kappa shape index (κ2) is 8.43. The number of nitrogens with one attached hydrogen (secondary N) is 1. The van der Waals surface area contributed by atoms with E-state index in [2.05, 4.69) is 30.4 Å². The van der Waals surface area contributed by atoms with E-state index in [0.717, 1.165) is 26.0 Å². The maximum absolute atomic E-state index is 5.18. The van der Waals surface area contributed by atoms with Crippen LogP contribution in [0.2, 0.25) is 0 Å². The van der Waals surface area contributed by atoms with E-state index in [0.29, 0.717) is 6.04 Å². The average Bonchev–Trinajstić information content (AvgIpc) is 2.92. The molecule has 0 spiro atoms. The van der Waals surface area contributed by atoms with Gasteiger partial charge in [-0.3, -0.25) is 0 Å². The summed E-state index contributed by atoms with van der Waals surface area (Å²) < 4.78 is 5.18. The van der Waals surface area contributed by atoms with Gasteiger partial charge in [0.05, 0.1) is 0 Å². The Morgan fingerprint density at radius 2 is 2.10 bits per heavy atom. The summed E-state index contributed by atoms with van der Waals surface area (Å²) in [6.07, 6.45) is 8.58. The molecule has 0 amide bonds. The molecular formula is C18H29NO. The maximum Gasteiger partial charge on any atom is 0.0462 e. The van der Waals surface area contributed by atoms with Gasteiger partial charge in [-0.25, -0.2) is 0 Å². The predicted molar refractivity (Wildman–Crippen MR) is 85.4 cm³/mol. The lowest BCUT2D eigenvalue weighted by Crippen LogP contribution is -2.32. The molecule has 1 aliphatic rings. The molecule has 1 unspecified atom stereocenters. The van der Waals surface area contributed by atoms with Crippen LogP contribution in [-0.2, 0) is 24.0 Å². The van der Waals surface area contributed by atoms with Gasteiger partial charge in [0.25, 0.3) is 0 Å². The van der Waals surface area contributed by atoms with E-state index in [1.807, 2.05) is 0 Å². The van der Waals surface area contributed by atoms with Crippen molar-refractivity contribution in [2.45, 2.75) is 57.9 Å². The molecule has 0 bridgehead atoms. The van der Waals surface area contributed by atoms with Crippen molar-refractivity contribution in [3.8, 4) is 0 Å². The van der Waals surface area contributed by atoms with Crippen molar-refractivity contribution >= 4 is 0 Å². The fourth-order valence-corrected chi connectivity index (χ4v) is 3.14. The van der Waals surface area contributed by atoms with Gasteiger partial charge in [-0.15, -0.1) is 0 Å². The normalized spacial score (nSPS) is 15.3. The van der Waals surface area contributed by atoms with E-state index in [-0.39, 0.29) is 0 Å². The molecule has 1 atom stereocenters. The molecule has 0 aromatic heterocycles. The first-order valence-electron chi connectivity index (χ1n) is 8.16. The zero-order valence-corrected chi connectivity index (χ0v) is 13.1. The van der Waals surface area contributed by atoms with Crippen molar-refractivity contribution in [2.24, 2.45) is 0 Å². The summed E-state index contributed by atoms with van der Waals surface area (Å²) in [5, 5.41) is 3.69. The topological polar surface area (TPSA) is 21.3 Å². The van der Waals surface area contributed by atoms with Crippen LogP contribution >= 0.6 is 0 Å². The van der Waals surface area contributed by atoms with Crippen LogP contribution in [0, 0.1) is 0 Å². The van der Waals surface area contributed by atoms with Crippen LogP contribution in [0.4, 0.5) is 0 Å². The Hall–Kier alpha value is -0.860. The van der Waals surface area contributed by atoms with Crippen LogP contribution in [0.15, 0.2) is 18.2 Å². The Bertz CT molecular complexity index is 402. The molecule has 1 aromatic rings. The summed E-state index contributed by atoms with van der Waals surface area (Å²) >= 11 is 0. The Morgan fingerprint density at radius 3 is 2.90 bits per heavy atom. The molecule has 0 radical (unpaired) electrons. The highest BCUT2D eigenvalue weighted by Crippen LogP contribution is 2.23. The summed E-state index contributed by atoms with van der Waals surface area (Å²) in [6, 6.07) is 7.72. The third-order valence-corrected chi connectivity index (χ3v) is 4.23. The summed E-state index contributed by atoms with van der Waals surface area (Å²) in [4.78, 5) is 0. The minimum absolute atomic E-state index is 0.588. The number of aryl methyl sites for hydroxylation is 2. The van der Waals surface area contributed by atoms with Crippen LogP contribution in [0.5, 0.6) is 0 Å². The Balaban J connectivity index is 1.91. The first-order valence-corrected chi connectivity index (χ1v) is 8.16. The van der Waals surface area contributed by atoms with Gasteiger partial charge in [0.15, 0.2) is 0 Å². The minimum Gasteiger partial charge on any atom is -0.385 e. The molecule has 1 aliphatic carbocycles. The Morgan fingerprint density at radius 1 is 1.25 bits per heavy atom. The van der Waals surface area contributed by atoms with E-state index in [1.54, 1.807) is 18.2 Å². The smallest absolute Gasteiger partial charge is 0.0462 e. The summed E-state index contributed by atoms with van der Waals surface area (Å²) in [6.45, 7) is 4.21. The third kappa shape index (κ3) is 4.60. The molecule has 2 nitrogen and oxygen atoms in total. The second-order valence-corrected chi connectivity index (χ2v) is 5.95. The molecule has 0 heterocycles. The fourth-order valence-electron chi connectivity index (χ4n) is 3.14. The van der Waals surface area contributed by atoms with Crippen LogP contribution in [0.3, 0.4) is 0 Å². The van der Waals surface area contributed by atoms with Crippen LogP contribution in [-0.4, -0.2) is 26.3 Å². The molecule has 2 heteroatoms. The van der Waals surface area contributed by atoms with Crippen molar-refractivity contribution in [2.75, 3.05) is 20.3 Å². The zero-order valence-electron chi connectivity index (χ0n) is 13.1. The SMILES string of the molecule is CCCNC(CCCOC)Cc1ccc2c(c1)CCC2. The van der Waals surface area contributed by atoms with Crippen molar-refractivity contribution in [1.82, 2.24) is 5.32 Å². The zero-order chi connectivity index (χ0) is 14.2. The van der Waals surface area contributed by atoms with Gasteiger partial charge in [0.2, 0.25) is 0 Å². The van der Waals surface area contributed by atoms with E-state index < -0.39 is 0 Å². The highest BCUT2D eigenvalue weighted by Gasteiger charge is 2.13. The van der Waals surface area contributed by atoms with Gasteiger partial charge in [-0.1, -0.05) is 25.1 Å². The number of benzene rings is 1. The fraction of sp³-hybridized carbons (Fsp3) is 0.667. The van der Waals surface area contributed by atoms with Gasteiger partial charge in [-0.05, 0) is 68.2 Å². The van der Waals surface area contributed by atoms with Gasteiger partial charge in [0.1, 0.15) is 0 Å². The lowest BCUT2D eigenvalue weighted by molar-refractivity contribution is 0.188. The highest BCUT2D eigenvalue weighted by molar-refractivity contribution is 5.35. The summed E-state index contributed by atoms with van der Waals surface area (Å²) in [5.41, 5.74) is 4.66. The lowest BCUT2D eigenvalue weighted by Gasteiger charge is -2.19. The van der Waals surface area contributed by atoms with Crippen molar-refractivity contribution < 1.29 is 4.74 Å². The molecule has 20 heavy (non-hydrogen) atoms. The van der Waals surface area contributed by atoms with Crippen molar-refractivity contribution in [3.05, 3.63) is 34.9 Å². The van der Waals surface area contributed by atoms with Gasteiger partial charge >= 0.3 is 0 Å². The number of ether oxygens (including phenoxy) is 1. The van der Waals surface area contributed by atoms with E-state index >= 15 is 0 Å². The van der Waals surface area contributed by atoms with Gasteiger partial charge < -0.3 is 10.1 Å². The Labute approximate surface area is 123 Å². The lowest BCUT2D eigenvalue weighted by atomic mass is 9.98. The minimum atomic E-state index is 0.588. The van der Waals surface area contributed by atoms with Crippen LogP contribution < -0.4 is 5.32 Å².